The van der Waals surface area contributed by atoms with E-state index in [0.717, 1.165) is 0 Å². The zero-order valence-corrected chi connectivity index (χ0v) is 9.05. The van der Waals surface area contributed by atoms with Crippen LogP contribution in [-0.2, 0) is 4.79 Å². The molecule has 0 amide bonds. The van der Waals surface area contributed by atoms with Crippen molar-refractivity contribution in [3.8, 4) is 0 Å². The molecule has 78 valence electrons. The zero-order chi connectivity index (χ0) is 10.0. The van der Waals surface area contributed by atoms with Crippen LogP contribution >= 0.6 is 11.8 Å². The van der Waals surface area contributed by atoms with Crippen LogP contribution < -0.4 is 0 Å². The van der Waals surface area contributed by atoms with Gasteiger partial charge in [-0.2, -0.15) is 0 Å². The van der Waals surface area contributed by atoms with E-state index < -0.39 is 10.7 Å². The molecule has 1 fully saturated rings. The summed E-state index contributed by atoms with van der Waals surface area (Å²) in [5.41, 5.74) is 0. The highest BCUT2D eigenvalue weighted by atomic mass is 32.2. The first-order chi connectivity index (χ1) is 6.73. The number of hydrogen-bond acceptors (Lipinski definition) is 2. The SMILES string of the molecule is O=C(O)C1(SC2CCCC2)CC=CC1. The van der Waals surface area contributed by atoms with Crippen molar-refractivity contribution in [2.75, 3.05) is 0 Å². The lowest BCUT2D eigenvalue weighted by atomic mass is 10.1. The fourth-order valence-corrected chi connectivity index (χ4v) is 3.97. The summed E-state index contributed by atoms with van der Waals surface area (Å²) >= 11 is 1.71. The van der Waals surface area contributed by atoms with Crippen LogP contribution in [0.5, 0.6) is 0 Å². The molecule has 0 radical (unpaired) electrons. The second-order valence-corrected chi connectivity index (χ2v) is 5.89. The minimum atomic E-state index is -0.626. The third kappa shape index (κ3) is 1.83. The van der Waals surface area contributed by atoms with Crippen LogP contribution in [0.1, 0.15) is 38.5 Å². The van der Waals surface area contributed by atoms with Crippen LogP contribution in [0.15, 0.2) is 12.2 Å². The first-order valence-electron chi connectivity index (χ1n) is 5.29. The molecule has 0 unspecified atom stereocenters. The number of carbonyl (C=O) groups is 1. The molecule has 1 N–H and O–H groups in total. The smallest absolute Gasteiger partial charge is 0.320 e. The van der Waals surface area contributed by atoms with E-state index in [1.165, 1.54) is 25.7 Å². The number of rotatable bonds is 3. The van der Waals surface area contributed by atoms with Gasteiger partial charge in [0.15, 0.2) is 0 Å². The first-order valence-corrected chi connectivity index (χ1v) is 6.17. The molecule has 0 aromatic heterocycles. The average molecular weight is 212 g/mol. The van der Waals surface area contributed by atoms with Gasteiger partial charge in [0.2, 0.25) is 0 Å². The second kappa shape index (κ2) is 3.97. The van der Waals surface area contributed by atoms with Crippen LogP contribution in [0.2, 0.25) is 0 Å². The van der Waals surface area contributed by atoms with Gasteiger partial charge in [0, 0.05) is 5.25 Å². The maximum Gasteiger partial charge on any atom is 0.320 e. The predicted molar refractivity (Wildman–Crippen MR) is 58.6 cm³/mol. The molecule has 0 heterocycles. The fourth-order valence-electron chi connectivity index (χ4n) is 2.28. The molecule has 0 saturated heterocycles. The average Bonchev–Trinajstić information content (AvgIpc) is 2.76. The molecule has 3 heteroatoms. The Morgan fingerprint density at radius 3 is 2.36 bits per heavy atom. The van der Waals surface area contributed by atoms with Crippen molar-refractivity contribution in [3.63, 3.8) is 0 Å². The van der Waals surface area contributed by atoms with Gasteiger partial charge in [-0.1, -0.05) is 25.0 Å². The van der Waals surface area contributed by atoms with Gasteiger partial charge in [0.1, 0.15) is 4.75 Å². The Bertz CT molecular complexity index is 246. The van der Waals surface area contributed by atoms with E-state index in [4.69, 9.17) is 0 Å². The summed E-state index contributed by atoms with van der Waals surface area (Å²) in [7, 11) is 0. The van der Waals surface area contributed by atoms with Crippen LogP contribution in [0.4, 0.5) is 0 Å². The van der Waals surface area contributed by atoms with E-state index >= 15 is 0 Å². The quantitative estimate of drug-likeness (QED) is 0.731. The molecule has 0 aromatic rings. The molecule has 1 saturated carbocycles. The number of carboxylic acid groups (broad SMARTS) is 1. The first kappa shape index (κ1) is 10.1. The van der Waals surface area contributed by atoms with E-state index in [0.29, 0.717) is 18.1 Å². The van der Waals surface area contributed by atoms with Crippen molar-refractivity contribution >= 4 is 17.7 Å². The van der Waals surface area contributed by atoms with Gasteiger partial charge in [-0.15, -0.1) is 11.8 Å². The number of hydrogen-bond donors (Lipinski definition) is 1. The summed E-state index contributed by atoms with van der Waals surface area (Å²) in [6.45, 7) is 0. The molecule has 2 aliphatic rings. The Kier molecular flexibility index (Phi) is 2.86. The van der Waals surface area contributed by atoms with E-state index in [2.05, 4.69) is 0 Å². The van der Waals surface area contributed by atoms with Gasteiger partial charge in [0.05, 0.1) is 0 Å². The molecule has 0 spiro atoms. The second-order valence-electron chi connectivity index (χ2n) is 4.20. The molecule has 0 atom stereocenters. The van der Waals surface area contributed by atoms with Crippen molar-refractivity contribution in [2.24, 2.45) is 0 Å². The summed E-state index contributed by atoms with van der Waals surface area (Å²) in [5.74, 6) is -0.626. The van der Waals surface area contributed by atoms with Gasteiger partial charge in [-0.3, -0.25) is 4.79 Å². The maximum absolute atomic E-state index is 11.3. The topological polar surface area (TPSA) is 37.3 Å². The monoisotopic (exact) mass is 212 g/mol. The van der Waals surface area contributed by atoms with Crippen LogP contribution in [0.25, 0.3) is 0 Å². The van der Waals surface area contributed by atoms with Crippen molar-refractivity contribution in [1.29, 1.82) is 0 Å². The number of allylic oxidation sites excluding steroid dienone is 2. The van der Waals surface area contributed by atoms with Crippen molar-refractivity contribution in [3.05, 3.63) is 12.2 Å². The number of carboxylic acids is 1. The summed E-state index contributed by atoms with van der Waals surface area (Å²) in [5, 5.41) is 9.85. The number of aliphatic carboxylic acids is 1. The third-order valence-corrected chi connectivity index (χ3v) is 4.91. The molecule has 0 aromatic carbocycles. The summed E-state index contributed by atoms with van der Waals surface area (Å²) in [6, 6.07) is 0. The van der Waals surface area contributed by atoms with Crippen molar-refractivity contribution < 1.29 is 9.90 Å². The lowest BCUT2D eigenvalue weighted by Crippen LogP contribution is -2.33. The third-order valence-electron chi connectivity index (χ3n) is 3.15. The Morgan fingerprint density at radius 2 is 1.86 bits per heavy atom. The molecule has 14 heavy (non-hydrogen) atoms. The lowest BCUT2D eigenvalue weighted by molar-refractivity contribution is -0.139. The highest BCUT2D eigenvalue weighted by molar-refractivity contribution is 8.02. The van der Waals surface area contributed by atoms with E-state index in [1.807, 2.05) is 12.2 Å². The summed E-state index contributed by atoms with van der Waals surface area (Å²) in [6.07, 6.45) is 10.4. The summed E-state index contributed by atoms with van der Waals surface area (Å²) < 4.78 is -0.519. The maximum atomic E-state index is 11.3. The van der Waals surface area contributed by atoms with Gasteiger partial charge in [0.25, 0.3) is 0 Å². The minimum Gasteiger partial charge on any atom is -0.480 e. The lowest BCUT2D eigenvalue weighted by Gasteiger charge is -2.26. The normalized spacial score (nSPS) is 25.7. The van der Waals surface area contributed by atoms with E-state index in [9.17, 15) is 9.90 Å². The minimum absolute atomic E-state index is 0.519. The van der Waals surface area contributed by atoms with E-state index in [-0.39, 0.29) is 0 Å². The van der Waals surface area contributed by atoms with Crippen LogP contribution in [0, 0.1) is 0 Å². The molecule has 0 bridgehead atoms. The molecule has 2 nitrogen and oxygen atoms in total. The Hall–Kier alpha value is -0.440. The van der Waals surface area contributed by atoms with Crippen molar-refractivity contribution in [1.82, 2.24) is 0 Å². The molecule has 2 aliphatic carbocycles. The van der Waals surface area contributed by atoms with Gasteiger partial charge < -0.3 is 5.11 Å². The molecule has 2 rings (SSSR count). The van der Waals surface area contributed by atoms with Gasteiger partial charge >= 0.3 is 5.97 Å². The Balaban J connectivity index is 2.00. The highest BCUT2D eigenvalue weighted by Gasteiger charge is 2.42. The largest absolute Gasteiger partial charge is 0.480 e. The van der Waals surface area contributed by atoms with Gasteiger partial charge in [-0.05, 0) is 25.7 Å². The Morgan fingerprint density at radius 1 is 1.29 bits per heavy atom. The zero-order valence-electron chi connectivity index (χ0n) is 8.24. The van der Waals surface area contributed by atoms with Crippen LogP contribution in [0.3, 0.4) is 0 Å². The number of thioether (sulfide) groups is 1. The molecular formula is C11H16O2S. The van der Waals surface area contributed by atoms with Crippen molar-refractivity contribution in [2.45, 2.75) is 48.5 Å². The standard InChI is InChI=1S/C11H16O2S/c12-10(13)11(7-3-4-8-11)14-9-5-1-2-6-9/h3-4,9H,1-2,5-8H2,(H,12,13). The predicted octanol–water partition coefficient (Wildman–Crippen LogP) is 2.84. The summed E-state index contributed by atoms with van der Waals surface area (Å²) in [4.78, 5) is 11.3. The Labute approximate surface area is 88.8 Å². The molecular weight excluding hydrogens is 196 g/mol. The molecule has 0 aliphatic heterocycles. The van der Waals surface area contributed by atoms with Gasteiger partial charge in [-0.25, -0.2) is 0 Å². The van der Waals surface area contributed by atoms with Crippen LogP contribution in [-0.4, -0.2) is 21.1 Å². The fraction of sp³-hybridized carbons (Fsp3) is 0.727. The highest BCUT2D eigenvalue weighted by Crippen LogP contribution is 2.44. The van der Waals surface area contributed by atoms with E-state index in [1.54, 1.807) is 11.8 Å².